The zero-order valence-electron chi connectivity index (χ0n) is 7.88. The minimum atomic E-state index is 0.0546. The van der Waals surface area contributed by atoms with Crippen molar-refractivity contribution in [3.8, 4) is 5.75 Å². The average Bonchev–Trinajstić information content (AvgIpc) is 2.09. The summed E-state index contributed by atoms with van der Waals surface area (Å²) in [6, 6.07) is 5.99. The first kappa shape index (κ1) is 10.5. The van der Waals surface area contributed by atoms with Crippen LogP contribution in [0.2, 0.25) is 0 Å². The van der Waals surface area contributed by atoms with Crippen LogP contribution in [0.15, 0.2) is 22.7 Å². The average molecular weight is 244 g/mol. The van der Waals surface area contributed by atoms with E-state index in [1.54, 1.807) is 0 Å². The second-order valence-corrected chi connectivity index (χ2v) is 3.95. The van der Waals surface area contributed by atoms with Gasteiger partial charge in [-0.15, -0.1) is 0 Å². The summed E-state index contributed by atoms with van der Waals surface area (Å²) in [6.07, 6.45) is 0.0546. The molecule has 0 aliphatic rings. The molecule has 3 heteroatoms. The van der Waals surface area contributed by atoms with Gasteiger partial charge in [0.05, 0.1) is 4.47 Å². The van der Waals surface area contributed by atoms with Gasteiger partial charge in [-0.05, 0) is 47.5 Å². The van der Waals surface area contributed by atoms with Gasteiger partial charge in [0.1, 0.15) is 11.9 Å². The molecular formula is C10H14BrNO. The summed E-state index contributed by atoms with van der Waals surface area (Å²) in [4.78, 5) is 0. The molecule has 1 aromatic carbocycles. The van der Waals surface area contributed by atoms with E-state index in [2.05, 4.69) is 15.9 Å². The smallest absolute Gasteiger partial charge is 0.133 e. The maximum absolute atomic E-state index is 5.58. The quantitative estimate of drug-likeness (QED) is 0.886. The van der Waals surface area contributed by atoms with E-state index in [0.29, 0.717) is 6.54 Å². The Hall–Kier alpha value is -0.540. The lowest BCUT2D eigenvalue weighted by molar-refractivity contribution is 0.228. The summed E-state index contributed by atoms with van der Waals surface area (Å²) in [5.41, 5.74) is 6.67. The first-order chi connectivity index (χ1) is 6.13. The molecule has 0 radical (unpaired) electrons. The van der Waals surface area contributed by atoms with Gasteiger partial charge in [0.25, 0.3) is 0 Å². The molecule has 0 saturated heterocycles. The van der Waals surface area contributed by atoms with Gasteiger partial charge in [0.15, 0.2) is 0 Å². The van der Waals surface area contributed by atoms with Crippen molar-refractivity contribution >= 4 is 15.9 Å². The molecule has 1 unspecified atom stereocenters. The molecule has 0 heterocycles. The molecule has 0 aromatic heterocycles. The second kappa shape index (κ2) is 4.63. The zero-order valence-corrected chi connectivity index (χ0v) is 9.47. The summed E-state index contributed by atoms with van der Waals surface area (Å²) in [7, 11) is 0. The Kier molecular flexibility index (Phi) is 3.75. The maximum atomic E-state index is 5.58. The molecule has 2 N–H and O–H groups in total. The number of benzene rings is 1. The van der Waals surface area contributed by atoms with Crippen LogP contribution in [0.5, 0.6) is 5.75 Å². The number of hydrogen-bond acceptors (Lipinski definition) is 2. The molecule has 1 rings (SSSR count). The number of aryl methyl sites for hydroxylation is 1. The summed E-state index contributed by atoms with van der Waals surface area (Å²) >= 11 is 3.44. The van der Waals surface area contributed by atoms with Crippen LogP contribution in [-0.4, -0.2) is 12.6 Å². The standard InChI is InChI=1S/C10H14BrNO/c1-7-3-4-10(9(11)5-7)13-8(2)6-12/h3-5,8H,6,12H2,1-2H3. The highest BCUT2D eigenvalue weighted by Gasteiger charge is 2.04. The van der Waals surface area contributed by atoms with Crippen molar-refractivity contribution in [1.29, 1.82) is 0 Å². The van der Waals surface area contributed by atoms with E-state index in [4.69, 9.17) is 10.5 Å². The molecule has 0 bridgehead atoms. The zero-order chi connectivity index (χ0) is 9.84. The summed E-state index contributed by atoms with van der Waals surface area (Å²) in [6.45, 7) is 4.52. The summed E-state index contributed by atoms with van der Waals surface area (Å²) in [5.74, 6) is 0.851. The molecule has 13 heavy (non-hydrogen) atoms. The highest BCUT2D eigenvalue weighted by Crippen LogP contribution is 2.26. The Morgan fingerprint density at radius 3 is 2.77 bits per heavy atom. The van der Waals surface area contributed by atoms with E-state index in [0.717, 1.165) is 10.2 Å². The van der Waals surface area contributed by atoms with Crippen LogP contribution >= 0.6 is 15.9 Å². The first-order valence-electron chi connectivity index (χ1n) is 4.26. The van der Waals surface area contributed by atoms with Gasteiger partial charge >= 0.3 is 0 Å². The maximum Gasteiger partial charge on any atom is 0.133 e. The topological polar surface area (TPSA) is 35.2 Å². The first-order valence-corrected chi connectivity index (χ1v) is 5.05. The second-order valence-electron chi connectivity index (χ2n) is 3.10. The van der Waals surface area contributed by atoms with Crippen molar-refractivity contribution in [3.05, 3.63) is 28.2 Å². The number of hydrogen-bond donors (Lipinski definition) is 1. The lowest BCUT2D eigenvalue weighted by Gasteiger charge is -2.13. The molecule has 0 aliphatic heterocycles. The van der Waals surface area contributed by atoms with Crippen LogP contribution in [0, 0.1) is 6.92 Å². The minimum absolute atomic E-state index is 0.0546. The molecule has 0 fully saturated rings. The normalized spacial score (nSPS) is 12.6. The fourth-order valence-corrected chi connectivity index (χ4v) is 1.55. The van der Waals surface area contributed by atoms with Crippen LogP contribution in [-0.2, 0) is 0 Å². The van der Waals surface area contributed by atoms with Crippen LogP contribution < -0.4 is 10.5 Å². The van der Waals surface area contributed by atoms with E-state index in [-0.39, 0.29) is 6.10 Å². The van der Waals surface area contributed by atoms with Crippen LogP contribution in [0.1, 0.15) is 12.5 Å². The van der Waals surface area contributed by atoms with Crippen molar-refractivity contribution in [2.24, 2.45) is 5.73 Å². The van der Waals surface area contributed by atoms with Crippen molar-refractivity contribution in [2.45, 2.75) is 20.0 Å². The van der Waals surface area contributed by atoms with E-state index >= 15 is 0 Å². The van der Waals surface area contributed by atoms with Gasteiger partial charge in [-0.2, -0.15) is 0 Å². The van der Waals surface area contributed by atoms with Gasteiger partial charge in [-0.25, -0.2) is 0 Å². The molecule has 0 spiro atoms. The number of halogens is 1. The summed E-state index contributed by atoms with van der Waals surface area (Å²) < 4.78 is 6.56. The SMILES string of the molecule is Cc1ccc(OC(C)CN)c(Br)c1. The molecular weight excluding hydrogens is 230 g/mol. The third-order valence-corrected chi connectivity index (χ3v) is 2.37. The van der Waals surface area contributed by atoms with Crippen molar-refractivity contribution in [3.63, 3.8) is 0 Å². The molecule has 1 aromatic rings. The highest BCUT2D eigenvalue weighted by atomic mass is 79.9. The molecule has 0 aliphatic carbocycles. The third-order valence-electron chi connectivity index (χ3n) is 1.75. The van der Waals surface area contributed by atoms with Gasteiger partial charge < -0.3 is 10.5 Å². The fourth-order valence-electron chi connectivity index (χ4n) is 0.966. The third kappa shape index (κ3) is 3.01. The van der Waals surface area contributed by atoms with Crippen molar-refractivity contribution < 1.29 is 4.74 Å². The largest absolute Gasteiger partial charge is 0.488 e. The van der Waals surface area contributed by atoms with Gasteiger partial charge in [-0.1, -0.05) is 6.07 Å². The summed E-state index contributed by atoms with van der Waals surface area (Å²) in [5, 5.41) is 0. The predicted octanol–water partition coefficient (Wildman–Crippen LogP) is 2.48. The lowest BCUT2D eigenvalue weighted by Crippen LogP contribution is -2.22. The number of ether oxygens (including phenoxy) is 1. The minimum Gasteiger partial charge on any atom is -0.488 e. The van der Waals surface area contributed by atoms with Gasteiger partial charge in [0.2, 0.25) is 0 Å². The molecule has 72 valence electrons. The molecule has 2 nitrogen and oxygen atoms in total. The molecule has 0 amide bonds. The number of nitrogens with two attached hydrogens (primary N) is 1. The molecule has 0 saturated carbocycles. The monoisotopic (exact) mass is 243 g/mol. The highest BCUT2D eigenvalue weighted by molar-refractivity contribution is 9.10. The Balaban J connectivity index is 2.77. The Labute approximate surface area is 87.2 Å². The van der Waals surface area contributed by atoms with Crippen LogP contribution in [0.4, 0.5) is 0 Å². The van der Waals surface area contributed by atoms with E-state index in [9.17, 15) is 0 Å². The fraction of sp³-hybridized carbons (Fsp3) is 0.400. The Bertz CT molecular complexity index is 288. The predicted molar refractivity (Wildman–Crippen MR) is 58.0 cm³/mol. The van der Waals surface area contributed by atoms with E-state index in [1.807, 2.05) is 32.0 Å². The van der Waals surface area contributed by atoms with Crippen molar-refractivity contribution in [1.82, 2.24) is 0 Å². The number of rotatable bonds is 3. The van der Waals surface area contributed by atoms with Gasteiger partial charge in [0, 0.05) is 6.54 Å². The van der Waals surface area contributed by atoms with Crippen molar-refractivity contribution in [2.75, 3.05) is 6.54 Å². The lowest BCUT2D eigenvalue weighted by atomic mass is 10.2. The van der Waals surface area contributed by atoms with Gasteiger partial charge in [-0.3, -0.25) is 0 Å². The van der Waals surface area contributed by atoms with E-state index in [1.165, 1.54) is 5.56 Å². The Morgan fingerprint density at radius 2 is 2.23 bits per heavy atom. The van der Waals surface area contributed by atoms with E-state index < -0.39 is 0 Å². The Morgan fingerprint density at radius 1 is 1.54 bits per heavy atom. The van der Waals surface area contributed by atoms with Crippen LogP contribution in [0.3, 0.4) is 0 Å². The molecule has 1 atom stereocenters. The van der Waals surface area contributed by atoms with Crippen LogP contribution in [0.25, 0.3) is 0 Å².